The van der Waals surface area contributed by atoms with Crippen molar-refractivity contribution in [3.05, 3.63) is 62.3 Å². The number of hydrogen-bond donors (Lipinski definition) is 1. The molecular formula is C21H21N5O6S. The third kappa shape index (κ3) is 4.16. The van der Waals surface area contributed by atoms with Gasteiger partial charge in [-0.2, -0.15) is 0 Å². The second-order valence-corrected chi connectivity index (χ2v) is 8.85. The summed E-state index contributed by atoms with van der Waals surface area (Å²) in [6.07, 6.45) is 0. The molecule has 2 saturated heterocycles. The molecule has 1 aromatic heterocycles. The van der Waals surface area contributed by atoms with Crippen LogP contribution in [0.3, 0.4) is 0 Å². The van der Waals surface area contributed by atoms with Crippen molar-refractivity contribution < 1.29 is 24.1 Å². The highest BCUT2D eigenvalue weighted by Gasteiger charge is 2.50. The highest BCUT2D eigenvalue weighted by atomic mass is 32.1. The van der Waals surface area contributed by atoms with Gasteiger partial charge in [0.15, 0.2) is 0 Å². The SMILES string of the molecule is C[C@]1(c2ccc([N+](=O)[O-])cc2)NC(=O)N(CC(=O)N2CCN(C(=O)c3cccs3)CC2)C1=O. The van der Waals surface area contributed by atoms with Crippen LogP contribution >= 0.6 is 11.3 Å². The van der Waals surface area contributed by atoms with E-state index in [4.69, 9.17) is 0 Å². The van der Waals surface area contributed by atoms with Crippen LogP contribution in [0.2, 0.25) is 0 Å². The number of piperazine rings is 1. The zero-order valence-corrected chi connectivity index (χ0v) is 18.5. The second-order valence-electron chi connectivity index (χ2n) is 7.90. The van der Waals surface area contributed by atoms with Crippen LogP contribution in [-0.4, -0.2) is 76.1 Å². The lowest BCUT2D eigenvalue weighted by molar-refractivity contribution is -0.384. The summed E-state index contributed by atoms with van der Waals surface area (Å²) >= 11 is 1.36. The minimum Gasteiger partial charge on any atom is -0.338 e. The first kappa shape index (κ1) is 22.4. The van der Waals surface area contributed by atoms with Gasteiger partial charge in [-0.15, -0.1) is 11.3 Å². The van der Waals surface area contributed by atoms with Crippen molar-refractivity contribution in [3.8, 4) is 0 Å². The molecule has 0 spiro atoms. The van der Waals surface area contributed by atoms with Gasteiger partial charge in [0.1, 0.15) is 12.1 Å². The van der Waals surface area contributed by atoms with E-state index in [1.807, 2.05) is 5.38 Å². The number of non-ortho nitro benzene ring substituents is 1. The molecule has 2 aliphatic rings. The smallest absolute Gasteiger partial charge is 0.325 e. The van der Waals surface area contributed by atoms with E-state index in [-0.39, 0.29) is 11.6 Å². The summed E-state index contributed by atoms with van der Waals surface area (Å²) in [4.78, 5) is 65.8. The number of nitro groups is 1. The predicted octanol–water partition coefficient (Wildman–Crippen LogP) is 1.41. The lowest BCUT2D eigenvalue weighted by atomic mass is 9.92. The Morgan fingerprint density at radius 3 is 2.30 bits per heavy atom. The highest BCUT2D eigenvalue weighted by molar-refractivity contribution is 7.12. The Hall–Kier alpha value is -3.80. The maximum absolute atomic E-state index is 13.0. The number of amides is 5. The number of imide groups is 1. The number of nitrogens with one attached hydrogen (secondary N) is 1. The van der Waals surface area contributed by atoms with E-state index in [1.165, 1.54) is 47.4 Å². The Morgan fingerprint density at radius 1 is 1.09 bits per heavy atom. The summed E-state index contributed by atoms with van der Waals surface area (Å²) in [6.45, 7) is 2.41. The molecule has 1 atom stereocenters. The summed E-state index contributed by atoms with van der Waals surface area (Å²) in [5, 5.41) is 15.3. The Morgan fingerprint density at radius 2 is 1.73 bits per heavy atom. The van der Waals surface area contributed by atoms with Crippen molar-refractivity contribution in [1.82, 2.24) is 20.0 Å². The lowest BCUT2D eigenvalue weighted by Gasteiger charge is -2.35. The van der Waals surface area contributed by atoms with Gasteiger partial charge in [-0.3, -0.25) is 29.4 Å². The molecule has 0 unspecified atom stereocenters. The van der Waals surface area contributed by atoms with Gasteiger partial charge in [0.25, 0.3) is 17.5 Å². The molecule has 11 nitrogen and oxygen atoms in total. The molecule has 172 valence electrons. The molecule has 4 rings (SSSR count). The van der Waals surface area contributed by atoms with Crippen molar-refractivity contribution >= 4 is 40.8 Å². The zero-order chi connectivity index (χ0) is 23.8. The van der Waals surface area contributed by atoms with Crippen molar-refractivity contribution in [2.24, 2.45) is 0 Å². The quantitative estimate of drug-likeness (QED) is 0.398. The van der Waals surface area contributed by atoms with E-state index in [9.17, 15) is 29.3 Å². The zero-order valence-electron chi connectivity index (χ0n) is 17.7. The molecule has 33 heavy (non-hydrogen) atoms. The van der Waals surface area contributed by atoms with Crippen molar-refractivity contribution in [3.63, 3.8) is 0 Å². The highest BCUT2D eigenvalue weighted by Crippen LogP contribution is 2.30. The van der Waals surface area contributed by atoms with E-state index < -0.39 is 34.9 Å². The molecule has 0 saturated carbocycles. The first-order valence-electron chi connectivity index (χ1n) is 10.2. The molecule has 1 N–H and O–H groups in total. The summed E-state index contributed by atoms with van der Waals surface area (Å²) in [6, 6.07) is 8.18. The number of carbonyl (C=O) groups is 4. The topological polar surface area (TPSA) is 133 Å². The first-order chi connectivity index (χ1) is 15.7. The van der Waals surface area contributed by atoms with E-state index in [2.05, 4.69) is 5.32 Å². The molecule has 12 heteroatoms. The monoisotopic (exact) mass is 471 g/mol. The van der Waals surface area contributed by atoms with Gasteiger partial charge in [-0.25, -0.2) is 4.79 Å². The maximum Gasteiger partial charge on any atom is 0.325 e. The number of hydrogen-bond acceptors (Lipinski definition) is 7. The molecular weight excluding hydrogens is 450 g/mol. The van der Waals surface area contributed by atoms with E-state index in [0.717, 1.165) is 4.90 Å². The number of rotatable bonds is 5. The Balaban J connectivity index is 1.38. The van der Waals surface area contributed by atoms with E-state index in [1.54, 1.807) is 17.0 Å². The van der Waals surface area contributed by atoms with Gasteiger partial charge in [-0.05, 0) is 36.1 Å². The maximum atomic E-state index is 13.0. The van der Waals surface area contributed by atoms with Crippen molar-refractivity contribution in [1.29, 1.82) is 0 Å². The van der Waals surface area contributed by atoms with Crippen LogP contribution < -0.4 is 5.32 Å². The molecule has 1 aromatic carbocycles. The van der Waals surface area contributed by atoms with Crippen LogP contribution in [0, 0.1) is 10.1 Å². The van der Waals surface area contributed by atoms with Gasteiger partial charge in [0, 0.05) is 38.3 Å². The Kier molecular flexibility index (Phi) is 5.85. The average molecular weight is 471 g/mol. The summed E-state index contributed by atoms with van der Waals surface area (Å²) in [5.41, 5.74) is -1.19. The number of carbonyl (C=O) groups excluding carboxylic acids is 4. The molecule has 0 bridgehead atoms. The second kappa shape index (κ2) is 8.62. The normalized spacial score (nSPS) is 20.7. The number of urea groups is 1. The minimum absolute atomic E-state index is 0.0786. The third-order valence-electron chi connectivity index (χ3n) is 5.88. The fourth-order valence-corrected chi connectivity index (χ4v) is 4.59. The summed E-state index contributed by atoms with van der Waals surface area (Å²) < 4.78 is 0. The molecule has 2 aromatic rings. The van der Waals surface area contributed by atoms with Crippen LogP contribution in [0.5, 0.6) is 0 Å². The van der Waals surface area contributed by atoms with E-state index in [0.29, 0.717) is 36.6 Å². The van der Waals surface area contributed by atoms with E-state index >= 15 is 0 Å². The molecule has 5 amide bonds. The number of nitro benzene ring substituents is 1. The Bertz CT molecular complexity index is 1110. The average Bonchev–Trinajstić information content (AvgIpc) is 3.42. The number of benzene rings is 1. The molecule has 3 heterocycles. The van der Waals surface area contributed by atoms with Crippen LogP contribution in [-0.2, 0) is 15.1 Å². The largest absolute Gasteiger partial charge is 0.338 e. The van der Waals surface area contributed by atoms with Crippen LogP contribution in [0.25, 0.3) is 0 Å². The van der Waals surface area contributed by atoms with Crippen LogP contribution in [0.1, 0.15) is 22.2 Å². The van der Waals surface area contributed by atoms with Gasteiger partial charge in [0.2, 0.25) is 5.91 Å². The summed E-state index contributed by atoms with van der Waals surface area (Å²) in [7, 11) is 0. The number of nitrogens with zero attached hydrogens (tertiary/aromatic N) is 4. The van der Waals surface area contributed by atoms with Gasteiger partial charge < -0.3 is 15.1 Å². The third-order valence-corrected chi connectivity index (χ3v) is 6.73. The standard InChI is InChI=1S/C21H21N5O6S/c1-21(14-4-6-15(7-5-14)26(31)32)19(29)25(20(30)22-21)13-17(27)23-8-10-24(11-9-23)18(28)16-3-2-12-33-16/h2-7,12H,8-11,13H2,1H3,(H,22,30)/t21-/m1/s1. The Labute approximate surface area is 192 Å². The van der Waals surface area contributed by atoms with Gasteiger partial charge >= 0.3 is 6.03 Å². The fourth-order valence-electron chi connectivity index (χ4n) is 3.90. The van der Waals surface area contributed by atoms with Gasteiger partial charge in [-0.1, -0.05) is 6.07 Å². The van der Waals surface area contributed by atoms with Crippen molar-refractivity contribution in [2.75, 3.05) is 32.7 Å². The molecule has 2 fully saturated rings. The predicted molar refractivity (Wildman–Crippen MR) is 117 cm³/mol. The van der Waals surface area contributed by atoms with Crippen LogP contribution in [0.15, 0.2) is 41.8 Å². The number of thiophene rings is 1. The summed E-state index contributed by atoms with van der Waals surface area (Å²) in [5.74, 6) is -1.08. The first-order valence-corrected chi connectivity index (χ1v) is 11.1. The van der Waals surface area contributed by atoms with Crippen molar-refractivity contribution in [2.45, 2.75) is 12.5 Å². The minimum atomic E-state index is -1.43. The molecule has 0 radical (unpaired) electrons. The van der Waals surface area contributed by atoms with Gasteiger partial charge in [0.05, 0.1) is 9.80 Å². The lowest BCUT2D eigenvalue weighted by Crippen LogP contribution is -2.53. The fraction of sp³-hybridized carbons (Fsp3) is 0.333. The molecule has 0 aliphatic carbocycles. The van der Waals surface area contributed by atoms with Crippen LogP contribution in [0.4, 0.5) is 10.5 Å². The molecule has 2 aliphatic heterocycles.